The number of benzene rings is 2. The van der Waals surface area contributed by atoms with Gasteiger partial charge in [0.2, 0.25) is 0 Å². The zero-order chi connectivity index (χ0) is 23.7. The molecule has 2 nitrogen and oxygen atoms in total. The van der Waals surface area contributed by atoms with Crippen molar-refractivity contribution in [3.05, 3.63) is 93.8 Å². The summed E-state index contributed by atoms with van der Waals surface area (Å²) in [4.78, 5) is 5.00. The van der Waals surface area contributed by atoms with Gasteiger partial charge in [-0.15, -0.1) is 0 Å². The predicted octanol–water partition coefficient (Wildman–Crippen LogP) is 8.15. The van der Waals surface area contributed by atoms with E-state index in [1.165, 1.54) is 50.5 Å². The molecular formula is C31H40N2. The van der Waals surface area contributed by atoms with Gasteiger partial charge in [0, 0.05) is 17.5 Å². The molecule has 0 saturated carbocycles. The second kappa shape index (κ2) is 9.63. The van der Waals surface area contributed by atoms with Crippen molar-refractivity contribution in [3.63, 3.8) is 0 Å². The molecule has 0 unspecified atom stereocenters. The van der Waals surface area contributed by atoms with Gasteiger partial charge in [-0.25, -0.2) is 0 Å². The first-order chi connectivity index (χ1) is 15.9. The topological polar surface area (TPSA) is 6.48 Å². The predicted molar refractivity (Wildman–Crippen MR) is 144 cm³/mol. The van der Waals surface area contributed by atoms with Gasteiger partial charge in [0.1, 0.15) is 0 Å². The molecule has 0 amide bonds. The maximum atomic E-state index is 2.51. The second-order valence-corrected chi connectivity index (χ2v) is 9.95. The van der Waals surface area contributed by atoms with Gasteiger partial charge >= 0.3 is 0 Å². The Labute approximate surface area is 201 Å². The van der Waals surface area contributed by atoms with Crippen LogP contribution in [0.4, 0.5) is 5.69 Å². The fourth-order valence-electron chi connectivity index (χ4n) is 5.31. The Bertz CT molecular complexity index is 1060. The summed E-state index contributed by atoms with van der Waals surface area (Å²) in [5, 5.41) is 0. The molecule has 0 saturated heterocycles. The lowest BCUT2D eigenvalue weighted by Gasteiger charge is -2.32. The van der Waals surface area contributed by atoms with Gasteiger partial charge in [0.25, 0.3) is 0 Å². The number of nitrogens with zero attached hydrogens (tertiary/aromatic N) is 2. The van der Waals surface area contributed by atoms with Crippen molar-refractivity contribution >= 4 is 11.4 Å². The molecule has 0 radical (unpaired) electrons. The molecular weight excluding hydrogens is 400 g/mol. The molecule has 174 valence electrons. The van der Waals surface area contributed by atoms with Gasteiger partial charge in [-0.1, -0.05) is 84.9 Å². The van der Waals surface area contributed by atoms with Crippen molar-refractivity contribution in [1.29, 1.82) is 0 Å². The molecule has 33 heavy (non-hydrogen) atoms. The van der Waals surface area contributed by atoms with Crippen LogP contribution in [0.3, 0.4) is 0 Å². The standard InChI is InChI=1S/C31H40N2/c1-8-23-17-24(9-2)30(25(10-3)18-23)29-16-11-13-26-19-32(20-33(26)29)31-27(21(4)5)14-12-15-28(31)22(6)7/h11-19,21-22H,8-10,20H2,1-7H3. The van der Waals surface area contributed by atoms with Crippen LogP contribution in [-0.4, -0.2) is 11.6 Å². The van der Waals surface area contributed by atoms with Gasteiger partial charge in [-0.05, 0) is 71.1 Å². The van der Waals surface area contributed by atoms with Crippen LogP contribution in [0.15, 0.2) is 60.5 Å². The van der Waals surface area contributed by atoms with Crippen LogP contribution in [-0.2, 0) is 19.3 Å². The smallest absolute Gasteiger partial charge is 0.0996 e. The summed E-state index contributed by atoms with van der Waals surface area (Å²) in [6.45, 7) is 16.9. The minimum atomic E-state index is 0.486. The van der Waals surface area contributed by atoms with Crippen molar-refractivity contribution in [1.82, 2.24) is 4.90 Å². The molecule has 2 heteroatoms. The molecule has 0 atom stereocenters. The van der Waals surface area contributed by atoms with Crippen molar-refractivity contribution in [2.75, 3.05) is 11.6 Å². The zero-order valence-electron chi connectivity index (χ0n) is 21.6. The lowest BCUT2D eigenvalue weighted by Crippen LogP contribution is -2.28. The molecule has 2 aliphatic rings. The number of aryl methyl sites for hydroxylation is 3. The Balaban J connectivity index is 1.79. The van der Waals surface area contributed by atoms with Crippen LogP contribution in [0.25, 0.3) is 5.70 Å². The van der Waals surface area contributed by atoms with E-state index in [1.807, 2.05) is 0 Å². The molecule has 2 aromatic rings. The van der Waals surface area contributed by atoms with E-state index in [0.717, 1.165) is 25.9 Å². The van der Waals surface area contributed by atoms with Crippen molar-refractivity contribution in [2.24, 2.45) is 0 Å². The fraction of sp³-hybridized carbons (Fsp3) is 0.419. The van der Waals surface area contributed by atoms with Crippen LogP contribution in [0.2, 0.25) is 0 Å². The largest absolute Gasteiger partial charge is 0.327 e. The minimum Gasteiger partial charge on any atom is -0.327 e. The van der Waals surface area contributed by atoms with Gasteiger partial charge in [-0.2, -0.15) is 0 Å². The molecule has 2 aliphatic heterocycles. The Kier molecular flexibility index (Phi) is 6.83. The highest BCUT2D eigenvalue weighted by Gasteiger charge is 2.30. The van der Waals surface area contributed by atoms with E-state index in [2.05, 4.69) is 113 Å². The first-order valence-electron chi connectivity index (χ1n) is 12.8. The highest BCUT2D eigenvalue weighted by molar-refractivity contribution is 5.77. The van der Waals surface area contributed by atoms with E-state index in [1.54, 1.807) is 0 Å². The monoisotopic (exact) mass is 440 g/mol. The van der Waals surface area contributed by atoms with E-state index in [9.17, 15) is 0 Å². The maximum absolute atomic E-state index is 2.51. The van der Waals surface area contributed by atoms with E-state index in [-0.39, 0.29) is 0 Å². The van der Waals surface area contributed by atoms with E-state index in [4.69, 9.17) is 0 Å². The summed E-state index contributed by atoms with van der Waals surface area (Å²) in [5.41, 5.74) is 12.7. The summed E-state index contributed by atoms with van der Waals surface area (Å²) >= 11 is 0. The van der Waals surface area contributed by atoms with Gasteiger partial charge in [0.15, 0.2) is 0 Å². The van der Waals surface area contributed by atoms with Gasteiger partial charge in [0.05, 0.1) is 18.1 Å². The third-order valence-electron chi connectivity index (χ3n) is 7.12. The fourth-order valence-corrected chi connectivity index (χ4v) is 5.31. The summed E-state index contributed by atoms with van der Waals surface area (Å²) in [5.74, 6) is 0.973. The van der Waals surface area contributed by atoms with Crippen LogP contribution < -0.4 is 4.90 Å². The molecule has 0 bridgehead atoms. The highest BCUT2D eigenvalue weighted by Crippen LogP contribution is 2.41. The Morgan fingerprint density at radius 1 is 0.848 bits per heavy atom. The third kappa shape index (κ3) is 4.28. The summed E-state index contributed by atoms with van der Waals surface area (Å²) in [6.07, 6.45) is 12.4. The average Bonchev–Trinajstić information content (AvgIpc) is 3.26. The number of rotatable bonds is 7. The molecule has 0 spiro atoms. The SMILES string of the molecule is CCc1cc(CC)c(C2=CC=CC3=CN(c4c(C(C)C)cccc4C(C)C)CN32)c(CC)c1. The average molecular weight is 441 g/mol. The molecule has 4 rings (SSSR count). The first kappa shape index (κ1) is 23.4. The Morgan fingerprint density at radius 2 is 1.45 bits per heavy atom. The molecule has 0 aromatic heterocycles. The lowest BCUT2D eigenvalue weighted by molar-refractivity contribution is 0.541. The number of fused-ring (bicyclic) bond motifs is 1. The Morgan fingerprint density at radius 3 is 1.97 bits per heavy atom. The van der Waals surface area contributed by atoms with Crippen molar-refractivity contribution in [3.8, 4) is 0 Å². The number of allylic oxidation sites excluding steroid dienone is 3. The van der Waals surface area contributed by atoms with Crippen LogP contribution in [0, 0.1) is 0 Å². The van der Waals surface area contributed by atoms with Crippen LogP contribution in [0.1, 0.15) is 93.7 Å². The van der Waals surface area contributed by atoms with Gasteiger partial charge < -0.3 is 9.80 Å². The number of para-hydroxylation sites is 1. The first-order valence-corrected chi connectivity index (χ1v) is 12.8. The van der Waals surface area contributed by atoms with Crippen molar-refractivity contribution < 1.29 is 0 Å². The molecule has 0 N–H and O–H groups in total. The lowest BCUT2D eigenvalue weighted by atomic mass is 9.90. The quantitative estimate of drug-likeness (QED) is 0.428. The molecule has 2 heterocycles. The Hall–Kier alpha value is -2.74. The number of anilines is 1. The summed E-state index contributed by atoms with van der Waals surface area (Å²) in [6, 6.07) is 11.7. The minimum absolute atomic E-state index is 0.486. The van der Waals surface area contributed by atoms with Gasteiger partial charge in [-0.3, -0.25) is 0 Å². The second-order valence-electron chi connectivity index (χ2n) is 9.95. The third-order valence-corrected chi connectivity index (χ3v) is 7.12. The summed E-state index contributed by atoms with van der Waals surface area (Å²) < 4.78 is 0. The molecule has 0 fully saturated rings. The molecule has 0 aliphatic carbocycles. The number of hydrogen-bond donors (Lipinski definition) is 0. The van der Waals surface area contributed by atoms with Crippen LogP contribution >= 0.6 is 0 Å². The van der Waals surface area contributed by atoms with E-state index < -0.39 is 0 Å². The van der Waals surface area contributed by atoms with E-state index >= 15 is 0 Å². The molecule has 2 aromatic carbocycles. The van der Waals surface area contributed by atoms with Crippen molar-refractivity contribution in [2.45, 2.75) is 79.6 Å². The maximum Gasteiger partial charge on any atom is 0.0996 e. The normalized spacial score (nSPS) is 15.4. The summed E-state index contributed by atoms with van der Waals surface area (Å²) in [7, 11) is 0. The van der Waals surface area contributed by atoms with Crippen LogP contribution in [0.5, 0.6) is 0 Å². The zero-order valence-corrected chi connectivity index (χ0v) is 21.6. The number of hydrogen-bond acceptors (Lipinski definition) is 2. The highest BCUT2D eigenvalue weighted by atomic mass is 15.4. The van der Waals surface area contributed by atoms with E-state index in [0.29, 0.717) is 11.8 Å².